The lowest BCUT2D eigenvalue weighted by Crippen LogP contribution is -2.30. The normalized spacial score (nSPS) is 19.5. The van der Waals surface area contributed by atoms with Gasteiger partial charge >= 0.3 is 0 Å². The second-order valence-electron chi connectivity index (χ2n) is 3.66. The minimum atomic E-state index is 0.441. The topological polar surface area (TPSA) is 21.3 Å². The van der Waals surface area contributed by atoms with Crippen LogP contribution in [0, 0.1) is 6.92 Å². The van der Waals surface area contributed by atoms with Gasteiger partial charge in [0.05, 0.1) is 11.7 Å². The lowest BCUT2D eigenvalue weighted by Gasteiger charge is -2.28. The van der Waals surface area contributed by atoms with Gasteiger partial charge in [-0.2, -0.15) is 0 Å². The van der Waals surface area contributed by atoms with Gasteiger partial charge in [0.25, 0.3) is 0 Å². The van der Waals surface area contributed by atoms with E-state index in [1.807, 2.05) is 0 Å². The molecule has 2 nitrogen and oxygen atoms in total. The molecule has 0 spiro atoms. The van der Waals surface area contributed by atoms with Gasteiger partial charge < -0.3 is 10.1 Å². The molecule has 76 valence electrons. The van der Waals surface area contributed by atoms with E-state index < -0.39 is 0 Å². The maximum absolute atomic E-state index is 5.73. The molecule has 2 rings (SSSR count). The van der Waals surface area contributed by atoms with Crippen LogP contribution in [0.1, 0.15) is 18.9 Å². The summed E-state index contributed by atoms with van der Waals surface area (Å²) in [6.07, 6.45) is 1.09. The number of hydrogen-bond acceptors (Lipinski definition) is 2. The Kier molecular flexibility index (Phi) is 2.68. The van der Waals surface area contributed by atoms with Crippen LogP contribution in [0.3, 0.4) is 0 Å². The van der Waals surface area contributed by atoms with Crippen molar-refractivity contribution in [3.8, 4) is 5.75 Å². The van der Waals surface area contributed by atoms with Crippen LogP contribution in [0.5, 0.6) is 5.75 Å². The van der Waals surface area contributed by atoms with Crippen molar-refractivity contribution in [3.63, 3.8) is 0 Å². The predicted octanol–water partition coefficient (Wildman–Crippen LogP) is 3.34. The molecule has 1 aliphatic rings. The van der Waals surface area contributed by atoms with E-state index in [0.717, 1.165) is 28.9 Å². The van der Waals surface area contributed by atoms with E-state index in [9.17, 15) is 0 Å². The third-order valence-electron chi connectivity index (χ3n) is 2.52. The number of aryl methyl sites for hydroxylation is 1. The second kappa shape index (κ2) is 3.81. The molecular formula is C11H14BrNO. The van der Waals surface area contributed by atoms with Crippen LogP contribution in [0.4, 0.5) is 5.69 Å². The van der Waals surface area contributed by atoms with Gasteiger partial charge in [0.15, 0.2) is 0 Å². The van der Waals surface area contributed by atoms with Crippen molar-refractivity contribution in [2.24, 2.45) is 0 Å². The van der Waals surface area contributed by atoms with Crippen LogP contribution in [0.2, 0.25) is 0 Å². The molecule has 1 heterocycles. The van der Waals surface area contributed by atoms with Gasteiger partial charge in [-0.1, -0.05) is 22.9 Å². The van der Waals surface area contributed by atoms with Crippen molar-refractivity contribution in [2.45, 2.75) is 26.3 Å². The van der Waals surface area contributed by atoms with E-state index in [1.165, 1.54) is 5.56 Å². The molecule has 1 N–H and O–H groups in total. The van der Waals surface area contributed by atoms with Crippen LogP contribution in [0.25, 0.3) is 0 Å². The predicted molar refractivity (Wildman–Crippen MR) is 62.1 cm³/mol. The third-order valence-corrected chi connectivity index (χ3v) is 2.98. The molecule has 0 bridgehead atoms. The summed E-state index contributed by atoms with van der Waals surface area (Å²) < 4.78 is 6.83. The highest BCUT2D eigenvalue weighted by molar-refractivity contribution is 9.10. The zero-order valence-corrected chi connectivity index (χ0v) is 10.0. The van der Waals surface area contributed by atoms with Crippen molar-refractivity contribution in [1.29, 1.82) is 0 Å². The van der Waals surface area contributed by atoms with Gasteiger partial charge in [-0.25, -0.2) is 0 Å². The Bertz CT molecular complexity index is 351. The molecule has 1 unspecified atom stereocenters. The first-order valence-corrected chi connectivity index (χ1v) is 5.69. The number of hydrogen-bond donors (Lipinski definition) is 1. The number of anilines is 1. The van der Waals surface area contributed by atoms with Gasteiger partial charge in [-0.05, 0) is 31.0 Å². The smallest absolute Gasteiger partial charge is 0.145 e. The summed E-state index contributed by atoms with van der Waals surface area (Å²) in [4.78, 5) is 0. The molecule has 0 fully saturated rings. The number of halogens is 1. The van der Waals surface area contributed by atoms with Crippen LogP contribution < -0.4 is 10.1 Å². The first kappa shape index (κ1) is 9.84. The summed E-state index contributed by atoms with van der Waals surface area (Å²) in [6, 6.07) is 4.59. The Morgan fingerprint density at radius 2 is 2.36 bits per heavy atom. The van der Waals surface area contributed by atoms with Crippen molar-refractivity contribution in [2.75, 3.05) is 11.9 Å². The maximum Gasteiger partial charge on any atom is 0.145 e. The summed E-state index contributed by atoms with van der Waals surface area (Å²) in [7, 11) is 0. The standard InChI is InChI=1S/C11H14BrNO/c1-3-9-6-14-11-7(2)4-8(12)5-10(11)13-9/h4-5,9,13H,3,6H2,1-2H3. The Balaban J connectivity index is 2.37. The van der Waals surface area contributed by atoms with Gasteiger partial charge in [-0.3, -0.25) is 0 Å². The number of ether oxygens (including phenoxy) is 1. The molecule has 14 heavy (non-hydrogen) atoms. The SMILES string of the molecule is CCC1COc2c(C)cc(Br)cc2N1. The summed E-state index contributed by atoms with van der Waals surface area (Å²) >= 11 is 3.49. The van der Waals surface area contributed by atoms with Crippen molar-refractivity contribution < 1.29 is 4.74 Å². The quantitative estimate of drug-likeness (QED) is 0.832. The largest absolute Gasteiger partial charge is 0.489 e. The van der Waals surface area contributed by atoms with E-state index in [0.29, 0.717) is 6.04 Å². The van der Waals surface area contributed by atoms with E-state index in [2.05, 4.69) is 47.2 Å². The molecule has 0 aromatic heterocycles. The van der Waals surface area contributed by atoms with E-state index in [1.54, 1.807) is 0 Å². The Hall–Kier alpha value is -0.700. The molecule has 1 atom stereocenters. The zero-order valence-electron chi connectivity index (χ0n) is 8.43. The van der Waals surface area contributed by atoms with Crippen LogP contribution in [-0.4, -0.2) is 12.6 Å². The fourth-order valence-electron chi connectivity index (χ4n) is 1.69. The first-order chi connectivity index (χ1) is 6.70. The average Bonchev–Trinajstić information content (AvgIpc) is 2.16. The number of benzene rings is 1. The van der Waals surface area contributed by atoms with Gasteiger partial charge in [0.1, 0.15) is 12.4 Å². The Morgan fingerprint density at radius 3 is 3.07 bits per heavy atom. The summed E-state index contributed by atoms with van der Waals surface area (Å²) in [5.41, 5.74) is 2.28. The molecular weight excluding hydrogens is 242 g/mol. The highest BCUT2D eigenvalue weighted by Gasteiger charge is 2.19. The molecule has 1 aromatic rings. The molecule has 1 aliphatic heterocycles. The van der Waals surface area contributed by atoms with Crippen LogP contribution in [0.15, 0.2) is 16.6 Å². The van der Waals surface area contributed by atoms with E-state index >= 15 is 0 Å². The summed E-state index contributed by atoms with van der Waals surface area (Å²) in [6.45, 7) is 5.00. The third kappa shape index (κ3) is 1.73. The van der Waals surface area contributed by atoms with Crippen molar-refractivity contribution >= 4 is 21.6 Å². The maximum atomic E-state index is 5.73. The second-order valence-corrected chi connectivity index (χ2v) is 4.58. The minimum Gasteiger partial charge on any atom is -0.489 e. The zero-order chi connectivity index (χ0) is 10.1. The Morgan fingerprint density at radius 1 is 1.57 bits per heavy atom. The fraction of sp³-hybridized carbons (Fsp3) is 0.455. The minimum absolute atomic E-state index is 0.441. The Labute approximate surface area is 92.8 Å². The summed E-state index contributed by atoms with van der Waals surface area (Å²) in [5.74, 6) is 0.998. The van der Waals surface area contributed by atoms with Gasteiger partial charge in [0.2, 0.25) is 0 Å². The van der Waals surface area contributed by atoms with Crippen molar-refractivity contribution in [1.82, 2.24) is 0 Å². The highest BCUT2D eigenvalue weighted by Crippen LogP contribution is 2.35. The van der Waals surface area contributed by atoms with E-state index in [4.69, 9.17) is 4.74 Å². The molecule has 1 aromatic carbocycles. The first-order valence-electron chi connectivity index (χ1n) is 4.90. The molecule has 0 amide bonds. The number of fused-ring (bicyclic) bond motifs is 1. The number of rotatable bonds is 1. The highest BCUT2D eigenvalue weighted by atomic mass is 79.9. The van der Waals surface area contributed by atoms with Crippen molar-refractivity contribution in [3.05, 3.63) is 22.2 Å². The summed E-state index contributed by atoms with van der Waals surface area (Å²) in [5, 5.41) is 3.47. The molecule has 0 saturated carbocycles. The fourth-order valence-corrected chi connectivity index (χ4v) is 2.27. The molecule has 0 saturated heterocycles. The van der Waals surface area contributed by atoms with Crippen LogP contribution in [-0.2, 0) is 0 Å². The monoisotopic (exact) mass is 255 g/mol. The number of nitrogens with one attached hydrogen (secondary N) is 1. The van der Waals surface area contributed by atoms with E-state index in [-0.39, 0.29) is 0 Å². The molecule has 3 heteroatoms. The lowest BCUT2D eigenvalue weighted by molar-refractivity contribution is 0.279. The average molecular weight is 256 g/mol. The molecule has 0 aliphatic carbocycles. The lowest BCUT2D eigenvalue weighted by atomic mass is 10.1. The van der Waals surface area contributed by atoms with Gasteiger partial charge in [0, 0.05) is 4.47 Å². The molecule has 0 radical (unpaired) electrons. The van der Waals surface area contributed by atoms with Gasteiger partial charge in [-0.15, -0.1) is 0 Å². The van der Waals surface area contributed by atoms with Crippen LogP contribution >= 0.6 is 15.9 Å².